The van der Waals surface area contributed by atoms with Gasteiger partial charge in [-0.05, 0) is 164 Å². The van der Waals surface area contributed by atoms with Crippen molar-refractivity contribution in [3.8, 4) is 29.1 Å². The zero-order valence-electron chi connectivity index (χ0n) is 38.8. The Morgan fingerprint density at radius 1 is 0.882 bits per heavy atom. The number of phenolic OH excluding ortho intramolecular Hbond substituents is 2. The van der Waals surface area contributed by atoms with Crippen molar-refractivity contribution in [2.75, 3.05) is 26.4 Å². The lowest BCUT2D eigenvalue weighted by atomic mass is 9.57. The van der Waals surface area contributed by atoms with Crippen molar-refractivity contribution >= 4 is 16.6 Å². The van der Waals surface area contributed by atoms with Gasteiger partial charge in [0.1, 0.15) is 18.2 Å². The third kappa shape index (κ3) is 9.43. The van der Waals surface area contributed by atoms with Gasteiger partial charge in [0, 0.05) is 58.9 Å². The molecule has 1 aliphatic carbocycles. The normalized spacial score (nSPS) is 26.2. The van der Waals surface area contributed by atoms with E-state index in [1.54, 1.807) is 18.2 Å². The van der Waals surface area contributed by atoms with E-state index >= 15 is 0 Å². The van der Waals surface area contributed by atoms with Gasteiger partial charge in [0.25, 0.3) is 0 Å². The van der Waals surface area contributed by atoms with Gasteiger partial charge in [-0.1, -0.05) is 54.3 Å². The number of aryl methyl sites for hydroxylation is 3. The molecule has 11 nitrogen and oxygen atoms in total. The van der Waals surface area contributed by atoms with Crippen molar-refractivity contribution in [3.63, 3.8) is 0 Å². The number of benzene rings is 4. The van der Waals surface area contributed by atoms with Gasteiger partial charge in [0.15, 0.2) is 11.5 Å². The van der Waals surface area contributed by atoms with Crippen molar-refractivity contribution < 1.29 is 39.7 Å². The molecule has 6 bridgehead atoms. The maximum Gasteiger partial charge on any atom is 0.161 e. The zero-order chi connectivity index (χ0) is 46.8. The predicted octanol–water partition coefficient (Wildman–Crippen LogP) is 7.89. The first-order valence-corrected chi connectivity index (χ1v) is 24.8. The molecule has 0 spiro atoms. The maximum atomic E-state index is 11.8. The summed E-state index contributed by atoms with van der Waals surface area (Å²) in [6, 6.07) is 24.3. The van der Waals surface area contributed by atoms with Crippen LogP contribution in [0.3, 0.4) is 0 Å². The van der Waals surface area contributed by atoms with E-state index in [0.717, 1.165) is 89.4 Å². The van der Waals surface area contributed by atoms with Crippen LogP contribution >= 0.6 is 0 Å². The van der Waals surface area contributed by atoms with Crippen LogP contribution in [0.4, 0.5) is 0 Å². The minimum atomic E-state index is -0.714. The zero-order valence-corrected chi connectivity index (χ0v) is 38.8. The fourth-order valence-electron chi connectivity index (χ4n) is 12.0. The molecule has 1 fully saturated rings. The molecule has 1 saturated heterocycles. The molecule has 68 heavy (non-hydrogen) atoms. The molecule has 10 rings (SSSR count). The first-order valence-electron chi connectivity index (χ1n) is 24.8. The van der Waals surface area contributed by atoms with E-state index in [0.29, 0.717) is 62.5 Å². The Morgan fingerprint density at radius 3 is 2.59 bits per heavy atom. The Labute approximate surface area is 399 Å². The number of aliphatic hydroxyl groups is 3. The Bertz CT molecular complexity index is 2750. The third-order valence-corrected chi connectivity index (χ3v) is 15.6. The largest absolute Gasteiger partial charge is 0.508 e. The molecule has 356 valence electrons. The second-order valence-electron chi connectivity index (χ2n) is 19.8. The molecule has 7 unspecified atom stereocenters. The molecule has 0 amide bonds. The number of hydrogen-bond acceptors (Lipinski definition) is 10. The number of aromatic hydroxyl groups is 2. The Hall–Kier alpha value is -5.58. The van der Waals surface area contributed by atoms with Crippen LogP contribution in [0.15, 0.2) is 102 Å². The molecule has 5 aliphatic rings. The van der Waals surface area contributed by atoms with E-state index in [1.165, 1.54) is 16.7 Å². The minimum absolute atomic E-state index is 0.00797. The van der Waals surface area contributed by atoms with E-state index in [2.05, 4.69) is 70.5 Å². The van der Waals surface area contributed by atoms with Crippen LogP contribution in [0.2, 0.25) is 0 Å². The van der Waals surface area contributed by atoms with E-state index in [-0.39, 0.29) is 61.3 Å². The first-order chi connectivity index (χ1) is 33.2. The molecule has 4 aliphatic heterocycles. The monoisotopic (exact) mass is 919 g/mol. The average molecular weight is 920 g/mol. The van der Waals surface area contributed by atoms with E-state index in [1.807, 2.05) is 24.3 Å². The van der Waals surface area contributed by atoms with Crippen LogP contribution in [0.5, 0.6) is 17.2 Å². The van der Waals surface area contributed by atoms with E-state index in [9.17, 15) is 25.5 Å². The summed E-state index contributed by atoms with van der Waals surface area (Å²) in [5.41, 5.74) is 15.7. The first kappa shape index (κ1) is 46.2. The summed E-state index contributed by atoms with van der Waals surface area (Å²) in [7, 11) is 0. The van der Waals surface area contributed by atoms with Crippen LogP contribution in [0, 0.1) is 29.6 Å². The summed E-state index contributed by atoms with van der Waals surface area (Å²) >= 11 is 0. The molecule has 8 N–H and O–H groups in total. The molecule has 0 saturated carbocycles. The van der Waals surface area contributed by atoms with Gasteiger partial charge >= 0.3 is 0 Å². The number of aromatic nitrogens is 1. The highest BCUT2D eigenvalue weighted by Gasteiger charge is 2.47. The molecular weight excluding hydrogens is 855 g/mol. The van der Waals surface area contributed by atoms with E-state index < -0.39 is 12.3 Å². The topological polar surface area (TPSA) is 172 Å². The Morgan fingerprint density at radius 2 is 1.74 bits per heavy atom. The van der Waals surface area contributed by atoms with Gasteiger partial charge in [-0.3, -0.25) is 0 Å². The molecule has 5 heterocycles. The number of fused-ring (bicyclic) bond motifs is 9. The molecule has 7 atom stereocenters. The maximum absolute atomic E-state index is 11.8. The number of nitrogens with zero attached hydrogens (tertiary/aromatic N) is 1. The van der Waals surface area contributed by atoms with Crippen molar-refractivity contribution in [3.05, 3.63) is 141 Å². The smallest absolute Gasteiger partial charge is 0.161 e. The molecule has 1 aromatic heterocycles. The lowest BCUT2D eigenvalue weighted by molar-refractivity contribution is 0.00498. The number of nitrogens with one attached hydrogen (secondary N) is 1. The summed E-state index contributed by atoms with van der Waals surface area (Å²) in [5, 5.41) is 59.2. The number of rotatable bonds is 8. The highest BCUT2D eigenvalue weighted by atomic mass is 16.5. The number of hydrogen-bond donors (Lipinski definition) is 7. The van der Waals surface area contributed by atoms with Crippen LogP contribution in [-0.2, 0) is 47.4 Å². The number of phenols is 2. The standard InChI is InChI=1S/C57H65N3O8/c58-55-28-41-12-11-38(10-7-36-8-17-47(63)18-9-36)37(5-3-22-61)15-20-49-29-48(64)19-14-40-27-54(53(65)26-43(40)32-62)68-33-44-25-46(24-42-30-60(31-50(42)44)56(59-55)51(41)35-67-49)57-21-23-66-34-45(57)16-13-39-4-1-2-6-52(39)57/h1-2,4,6,8-9,17-18,24-28,30-31,37-38,45,48-49,55,59,61-65H,3,5,7,10,13-16,19-23,29,32-35,58H2. The molecule has 5 aromatic rings. The third-order valence-electron chi connectivity index (χ3n) is 15.6. The van der Waals surface area contributed by atoms with Gasteiger partial charge in [-0.25, -0.2) is 0 Å². The summed E-state index contributed by atoms with van der Waals surface area (Å²) in [4.78, 5) is 0. The number of aliphatic hydroxyl groups excluding tert-OH is 3. The lowest BCUT2D eigenvalue weighted by Gasteiger charge is -2.49. The quantitative estimate of drug-likeness (QED) is 0.0760. The van der Waals surface area contributed by atoms with E-state index in [4.69, 9.17) is 19.9 Å². The van der Waals surface area contributed by atoms with Crippen molar-refractivity contribution in [2.45, 2.75) is 114 Å². The SMILES string of the molecule is NC1C=C2C#CC(CCc3ccc(O)cc3)C(CCCO)CCC3CC(O)CCc4cc(c(O)cc4CO)OCc4cc(C56CCOCC5CCc5ccccc56)cc5cn(cc45)C(=C2CO3)N1. The molecule has 0 radical (unpaired) electrons. The average Bonchev–Trinajstić information content (AvgIpc) is 3.78. The van der Waals surface area contributed by atoms with Crippen molar-refractivity contribution in [1.82, 2.24) is 9.88 Å². The molecule has 11 heteroatoms. The highest BCUT2D eigenvalue weighted by Crippen LogP contribution is 2.52. The summed E-state index contributed by atoms with van der Waals surface area (Å²) in [6.45, 7) is 1.59. The van der Waals surface area contributed by atoms with Crippen LogP contribution in [-0.4, -0.2) is 74.9 Å². The molecule has 4 aromatic carbocycles. The van der Waals surface area contributed by atoms with Gasteiger partial charge in [0.2, 0.25) is 0 Å². The van der Waals surface area contributed by atoms with Gasteiger partial charge in [-0.2, -0.15) is 0 Å². The fourth-order valence-corrected chi connectivity index (χ4v) is 12.0. The highest BCUT2D eigenvalue weighted by molar-refractivity contribution is 5.88. The van der Waals surface area contributed by atoms with Gasteiger partial charge in [0.05, 0.1) is 38.2 Å². The van der Waals surface area contributed by atoms with Crippen LogP contribution in [0.25, 0.3) is 16.6 Å². The fraction of sp³-hybridized carbons (Fsp3) is 0.439. The minimum Gasteiger partial charge on any atom is -0.508 e. The number of ether oxygens (including phenoxy) is 3. The summed E-state index contributed by atoms with van der Waals surface area (Å²) < 4.78 is 21.9. The van der Waals surface area contributed by atoms with Crippen molar-refractivity contribution in [1.29, 1.82) is 0 Å². The Kier molecular flexibility index (Phi) is 13.7. The van der Waals surface area contributed by atoms with Crippen molar-refractivity contribution in [2.24, 2.45) is 23.5 Å². The molecular formula is C57H65N3O8. The number of dihydropyridines is 1. The number of nitrogens with two attached hydrogens (primary N) is 1. The van der Waals surface area contributed by atoms with Gasteiger partial charge < -0.3 is 55.4 Å². The van der Waals surface area contributed by atoms with Crippen LogP contribution in [0.1, 0.15) is 96.7 Å². The second-order valence-corrected chi connectivity index (χ2v) is 19.8. The van der Waals surface area contributed by atoms with Gasteiger partial charge in [-0.15, -0.1) is 0 Å². The Balaban J connectivity index is 1.14. The second kappa shape index (κ2) is 20.2. The predicted molar refractivity (Wildman–Crippen MR) is 263 cm³/mol. The summed E-state index contributed by atoms with van der Waals surface area (Å²) in [6.07, 6.45) is 13.4. The van der Waals surface area contributed by atoms with Crippen LogP contribution < -0.4 is 15.8 Å². The lowest BCUT2D eigenvalue weighted by Crippen LogP contribution is -2.47. The summed E-state index contributed by atoms with van der Waals surface area (Å²) in [5.74, 6) is 9.10.